The fraction of sp³-hybridized carbons (Fsp3) is 0.250. The molecule has 1 aliphatic heterocycles. The number of nitro benzene ring substituents is 1. The average molecular weight is 332 g/mol. The summed E-state index contributed by atoms with van der Waals surface area (Å²) in [5.74, 6) is 0. The summed E-state index contributed by atoms with van der Waals surface area (Å²) in [6.07, 6.45) is 0.611. The molecule has 2 aromatic rings. The van der Waals surface area contributed by atoms with Crippen LogP contribution < -0.4 is 0 Å². The number of aryl methyl sites for hydroxylation is 1. The van der Waals surface area contributed by atoms with Gasteiger partial charge in [0.1, 0.15) is 0 Å². The van der Waals surface area contributed by atoms with Crippen molar-refractivity contribution in [2.45, 2.75) is 24.3 Å². The lowest BCUT2D eigenvalue weighted by Crippen LogP contribution is -2.17. The van der Waals surface area contributed by atoms with E-state index in [4.69, 9.17) is 0 Å². The number of nitrogens with zero attached hydrogens (tertiary/aromatic N) is 2. The van der Waals surface area contributed by atoms with Crippen molar-refractivity contribution in [1.29, 1.82) is 0 Å². The van der Waals surface area contributed by atoms with E-state index in [2.05, 4.69) is 0 Å². The van der Waals surface area contributed by atoms with Crippen molar-refractivity contribution >= 4 is 15.7 Å². The van der Waals surface area contributed by atoms with E-state index < -0.39 is 14.9 Å². The minimum absolute atomic E-state index is 0.137. The van der Waals surface area contributed by atoms with Gasteiger partial charge in [-0.25, -0.2) is 8.42 Å². The molecule has 0 spiro atoms. The zero-order valence-electron chi connectivity index (χ0n) is 12.5. The van der Waals surface area contributed by atoms with Crippen molar-refractivity contribution in [3.05, 3.63) is 69.8 Å². The minimum atomic E-state index is -3.83. The van der Waals surface area contributed by atoms with Crippen LogP contribution in [0, 0.1) is 17.0 Å². The third kappa shape index (κ3) is 3.11. The first-order chi connectivity index (χ1) is 10.9. The Morgan fingerprint density at radius 2 is 1.83 bits per heavy atom. The van der Waals surface area contributed by atoms with E-state index in [1.807, 2.05) is 31.2 Å². The molecule has 7 heteroatoms. The van der Waals surface area contributed by atoms with Gasteiger partial charge in [-0.1, -0.05) is 42.0 Å². The van der Waals surface area contributed by atoms with E-state index >= 15 is 0 Å². The molecule has 23 heavy (non-hydrogen) atoms. The highest BCUT2D eigenvalue weighted by atomic mass is 32.2. The molecule has 0 bridgehead atoms. The van der Waals surface area contributed by atoms with Gasteiger partial charge >= 0.3 is 0 Å². The Labute approximate surface area is 134 Å². The second kappa shape index (κ2) is 5.75. The van der Waals surface area contributed by atoms with Crippen molar-refractivity contribution in [3.8, 4) is 0 Å². The molecular formula is C16H16N2O4S. The molecule has 1 fully saturated rings. The Hall–Kier alpha value is -2.25. The first-order valence-electron chi connectivity index (χ1n) is 7.20. The fourth-order valence-corrected chi connectivity index (χ4v) is 4.32. The van der Waals surface area contributed by atoms with Crippen molar-refractivity contribution in [1.82, 2.24) is 4.31 Å². The van der Waals surface area contributed by atoms with Crippen LogP contribution in [0.25, 0.3) is 0 Å². The van der Waals surface area contributed by atoms with Crippen LogP contribution in [0.15, 0.2) is 53.4 Å². The zero-order chi connectivity index (χ0) is 16.6. The molecule has 0 amide bonds. The topological polar surface area (TPSA) is 80.3 Å². The summed E-state index contributed by atoms with van der Waals surface area (Å²) >= 11 is 0. The van der Waals surface area contributed by atoms with Crippen LogP contribution in [0.1, 0.15) is 11.1 Å². The summed E-state index contributed by atoms with van der Waals surface area (Å²) in [4.78, 5) is 10.1. The Kier molecular flexibility index (Phi) is 3.91. The van der Waals surface area contributed by atoms with Crippen LogP contribution in [-0.4, -0.2) is 30.2 Å². The van der Waals surface area contributed by atoms with Gasteiger partial charge in [-0.05, 0) is 25.0 Å². The zero-order valence-corrected chi connectivity index (χ0v) is 13.4. The maximum Gasteiger partial charge on any atom is 0.289 e. The second-order valence-corrected chi connectivity index (χ2v) is 7.50. The second-order valence-electron chi connectivity index (χ2n) is 5.64. The number of hydrogen-bond donors (Lipinski definition) is 0. The number of hydrogen-bond acceptors (Lipinski definition) is 4. The molecule has 1 aliphatic rings. The third-order valence-corrected chi connectivity index (χ3v) is 5.87. The van der Waals surface area contributed by atoms with Gasteiger partial charge in [0, 0.05) is 18.7 Å². The molecule has 2 atom stereocenters. The molecule has 0 aromatic heterocycles. The van der Waals surface area contributed by atoms with Gasteiger partial charge in [-0.3, -0.25) is 10.1 Å². The summed E-state index contributed by atoms with van der Waals surface area (Å²) < 4.78 is 26.5. The Morgan fingerprint density at radius 1 is 1.17 bits per heavy atom. The van der Waals surface area contributed by atoms with E-state index in [0.29, 0.717) is 13.0 Å². The highest BCUT2D eigenvalue weighted by Crippen LogP contribution is 2.34. The van der Waals surface area contributed by atoms with Gasteiger partial charge in [-0.15, -0.1) is 0 Å². The van der Waals surface area contributed by atoms with Gasteiger partial charge < -0.3 is 0 Å². The standard InChI is InChI=1S/C16H16N2O4S/c1-12-6-8-13(9-7-12)10-14-11-17(14)23(21,22)16-5-3-2-4-15(16)18(19)20/h2-9,14H,10-11H2,1H3. The summed E-state index contributed by atoms with van der Waals surface area (Å²) in [6, 6.07) is 13.2. The molecule has 1 heterocycles. The summed E-state index contributed by atoms with van der Waals surface area (Å²) in [5.41, 5.74) is 1.82. The normalized spacial score (nSPS) is 20.2. The third-order valence-electron chi connectivity index (χ3n) is 3.90. The molecule has 2 unspecified atom stereocenters. The maximum atomic E-state index is 12.6. The van der Waals surface area contributed by atoms with Crippen LogP contribution in [0.5, 0.6) is 0 Å². The number of benzene rings is 2. The molecule has 6 nitrogen and oxygen atoms in total. The lowest BCUT2D eigenvalue weighted by molar-refractivity contribution is -0.387. The molecule has 2 aromatic carbocycles. The van der Waals surface area contributed by atoms with Gasteiger partial charge in [0.2, 0.25) is 10.0 Å². The summed E-state index contributed by atoms with van der Waals surface area (Å²) in [6.45, 7) is 2.38. The Morgan fingerprint density at radius 3 is 2.48 bits per heavy atom. The van der Waals surface area contributed by atoms with Crippen LogP contribution in [-0.2, 0) is 16.4 Å². The molecule has 0 aliphatic carbocycles. The van der Waals surface area contributed by atoms with E-state index in [1.54, 1.807) is 0 Å². The van der Waals surface area contributed by atoms with Crippen LogP contribution in [0.4, 0.5) is 5.69 Å². The fourth-order valence-electron chi connectivity index (χ4n) is 2.57. The first kappa shape index (κ1) is 15.6. The Bertz CT molecular complexity index is 847. The monoisotopic (exact) mass is 332 g/mol. The largest absolute Gasteiger partial charge is 0.289 e. The number of sulfonamides is 1. The first-order valence-corrected chi connectivity index (χ1v) is 8.64. The van der Waals surface area contributed by atoms with Gasteiger partial charge in [0.15, 0.2) is 4.90 Å². The van der Waals surface area contributed by atoms with E-state index in [9.17, 15) is 18.5 Å². The number of para-hydroxylation sites is 1. The molecule has 3 rings (SSSR count). The lowest BCUT2D eigenvalue weighted by Gasteiger charge is -2.07. The predicted molar refractivity (Wildman–Crippen MR) is 85.7 cm³/mol. The molecule has 0 N–H and O–H groups in total. The van der Waals surface area contributed by atoms with Gasteiger partial charge in [0.25, 0.3) is 5.69 Å². The van der Waals surface area contributed by atoms with Crippen molar-refractivity contribution in [2.24, 2.45) is 0 Å². The minimum Gasteiger partial charge on any atom is -0.258 e. The average Bonchev–Trinajstić information content (AvgIpc) is 3.29. The molecule has 120 valence electrons. The van der Waals surface area contributed by atoms with Crippen molar-refractivity contribution in [3.63, 3.8) is 0 Å². The summed E-state index contributed by atoms with van der Waals surface area (Å²) in [7, 11) is -3.83. The van der Waals surface area contributed by atoms with Crippen LogP contribution in [0.3, 0.4) is 0 Å². The number of rotatable bonds is 5. The molecular weight excluding hydrogens is 316 g/mol. The Balaban J connectivity index is 1.80. The van der Waals surface area contributed by atoms with E-state index in [0.717, 1.165) is 11.1 Å². The van der Waals surface area contributed by atoms with Crippen molar-refractivity contribution < 1.29 is 13.3 Å². The quantitative estimate of drug-likeness (QED) is 0.479. The highest BCUT2D eigenvalue weighted by Gasteiger charge is 2.46. The van der Waals surface area contributed by atoms with E-state index in [-0.39, 0.29) is 16.6 Å². The highest BCUT2D eigenvalue weighted by molar-refractivity contribution is 7.89. The molecule has 0 saturated carbocycles. The van der Waals surface area contributed by atoms with Gasteiger partial charge in [-0.2, -0.15) is 4.31 Å². The van der Waals surface area contributed by atoms with Gasteiger partial charge in [0.05, 0.1) is 4.92 Å². The van der Waals surface area contributed by atoms with E-state index in [1.165, 1.54) is 28.6 Å². The summed E-state index contributed by atoms with van der Waals surface area (Å²) in [5, 5.41) is 11.0. The number of nitro groups is 1. The lowest BCUT2D eigenvalue weighted by atomic mass is 10.1. The maximum absolute atomic E-state index is 12.6. The molecule has 1 saturated heterocycles. The smallest absolute Gasteiger partial charge is 0.258 e. The predicted octanol–water partition coefficient (Wildman–Crippen LogP) is 2.52. The SMILES string of the molecule is Cc1ccc(CC2CN2S(=O)(=O)c2ccccc2[N+](=O)[O-])cc1. The molecule has 0 radical (unpaired) electrons. The van der Waals surface area contributed by atoms with Crippen LogP contribution in [0.2, 0.25) is 0 Å². The van der Waals surface area contributed by atoms with Crippen molar-refractivity contribution in [2.75, 3.05) is 6.54 Å². The van der Waals surface area contributed by atoms with Crippen LogP contribution >= 0.6 is 0 Å².